The van der Waals surface area contributed by atoms with Crippen molar-refractivity contribution < 1.29 is 19.4 Å². The highest BCUT2D eigenvalue weighted by Gasteiger charge is 2.31. The molecule has 2 unspecified atom stereocenters. The molecule has 0 radical (unpaired) electrons. The minimum atomic E-state index is -0.863. The Hall–Kier alpha value is -4.26. The SMILES string of the molecule is C=N/C(C)=C(\C(C)=NCCN(C)CCN(C)C)c1c(Cl)ccc2c(CCCOC3C=C(C)C(Cl)=C(C)C3)c(-c3cn(C)c4c3CC(C(=O)O)C=C4)n(CCNC=O)c12. The number of aliphatic imine (C=N–C) groups is 2. The fourth-order valence-electron chi connectivity index (χ4n) is 8.13. The number of rotatable bonds is 20. The van der Waals surface area contributed by atoms with Crippen molar-refractivity contribution in [3.63, 3.8) is 0 Å². The summed E-state index contributed by atoms with van der Waals surface area (Å²) in [6.07, 6.45) is 11.0. The molecule has 2 heterocycles. The van der Waals surface area contributed by atoms with Gasteiger partial charge in [-0.25, -0.2) is 0 Å². The molecule has 2 atom stereocenters. The smallest absolute Gasteiger partial charge is 0.310 e. The highest BCUT2D eigenvalue weighted by molar-refractivity contribution is 6.38. The van der Waals surface area contributed by atoms with Crippen LogP contribution in [-0.4, -0.2) is 115 Å². The lowest BCUT2D eigenvalue weighted by atomic mass is 9.89. The van der Waals surface area contributed by atoms with Gasteiger partial charge < -0.3 is 34.1 Å². The molecule has 0 saturated carbocycles. The lowest BCUT2D eigenvalue weighted by Gasteiger charge is -2.21. The van der Waals surface area contributed by atoms with Gasteiger partial charge in [0.1, 0.15) is 0 Å². The number of allylic oxidation sites excluding steroid dienone is 4. The molecule has 2 N–H and O–H groups in total. The van der Waals surface area contributed by atoms with Gasteiger partial charge in [0.2, 0.25) is 6.41 Å². The van der Waals surface area contributed by atoms with Crippen LogP contribution >= 0.6 is 23.2 Å². The maximum atomic E-state index is 12.3. The average Bonchev–Trinajstić information content (AvgIpc) is 3.68. The van der Waals surface area contributed by atoms with Gasteiger partial charge >= 0.3 is 5.97 Å². The number of nitrogens with one attached hydrogen (secondary N) is 1. The summed E-state index contributed by atoms with van der Waals surface area (Å²) in [7, 11) is 8.23. The number of aliphatic carboxylic acids is 1. The molecule has 2 aliphatic carbocycles. The monoisotopic (exact) mass is 831 g/mol. The standard InChI is InChI=1S/C45H59Cl2N7O4/c1-28-23-33(24-29(2)42(28)47)58-22-10-11-34-35-13-14-38(46)41(40(30(3)48-5)31(4)50-17-18-52(8)21-20-51(6)7)44(35)54(19-16-49-27-55)43(34)37-26-53(9)39-15-12-32(45(56)57)25-36(37)39/h12-15,23,26-27,32-33H,5,10-11,16-22,24-25H2,1-4,6-9H3,(H,49,55)(H,56,57)/b40-30+,50-31?. The Balaban J connectivity index is 1.69. The Morgan fingerprint density at radius 3 is 2.57 bits per heavy atom. The van der Waals surface area contributed by atoms with Gasteiger partial charge in [-0.2, -0.15) is 0 Å². The number of carbonyl (C=O) groups excluding carboxylic acids is 1. The summed E-state index contributed by atoms with van der Waals surface area (Å²) >= 11 is 13.8. The van der Waals surface area contributed by atoms with Gasteiger partial charge in [-0.3, -0.25) is 19.6 Å². The van der Waals surface area contributed by atoms with Gasteiger partial charge in [-0.05, 0) is 110 Å². The molecule has 5 rings (SSSR count). The molecule has 58 heavy (non-hydrogen) atoms. The summed E-state index contributed by atoms with van der Waals surface area (Å²) in [5, 5.41) is 15.3. The first kappa shape index (κ1) is 44.8. The highest BCUT2D eigenvalue weighted by atomic mass is 35.5. The summed E-state index contributed by atoms with van der Waals surface area (Å²) < 4.78 is 10.7. The van der Waals surface area contributed by atoms with E-state index in [2.05, 4.69) is 75.4 Å². The number of amides is 1. The number of aromatic nitrogens is 2. The third kappa shape index (κ3) is 10.1. The van der Waals surface area contributed by atoms with E-state index in [0.717, 1.165) is 104 Å². The molecule has 1 amide bonds. The number of benzene rings is 1. The van der Waals surface area contributed by atoms with Crippen LogP contribution in [0.1, 0.15) is 62.9 Å². The Bertz CT molecular complexity index is 2190. The number of ether oxygens (including phenoxy) is 1. The fraction of sp³-hybridized carbons (Fsp3) is 0.467. The van der Waals surface area contributed by atoms with Gasteiger partial charge in [0.05, 0.1) is 34.8 Å². The fourth-order valence-corrected chi connectivity index (χ4v) is 8.51. The van der Waals surface area contributed by atoms with Crippen LogP contribution < -0.4 is 5.32 Å². The molecule has 13 heteroatoms. The second kappa shape index (κ2) is 20.1. The van der Waals surface area contributed by atoms with E-state index in [1.807, 2.05) is 46.9 Å². The van der Waals surface area contributed by atoms with Crippen LogP contribution in [0, 0.1) is 5.92 Å². The Morgan fingerprint density at radius 2 is 1.90 bits per heavy atom. The number of hydrogen-bond donors (Lipinski definition) is 2. The maximum Gasteiger partial charge on any atom is 0.310 e. The van der Waals surface area contributed by atoms with Crippen LogP contribution in [-0.2, 0) is 40.8 Å². The number of hydrogen-bond acceptors (Lipinski definition) is 7. The van der Waals surface area contributed by atoms with E-state index in [4.69, 9.17) is 32.9 Å². The van der Waals surface area contributed by atoms with Crippen molar-refractivity contribution >= 4 is 70.6 Å². The number of carboxylic acids is 1. The van der Waals surface area contributed by atoms with E-state index in [9.17, 15) is 14.7 Å². The van der Waals surface area contributed by atoms with Crippen molar-refractivity contribution in [3.05, 3.63) is 79.8 Å². The van der Waals surface area contributed by atoms with Crippen molar-refractivity contribution in [1.82, 2.24) is 24.3 Å². The molecular weight excluding hydrogens is 773 g/mol. The van der Waals surface area contributed by atoms with E-state index in [1.54, 1.807) is 6.08 Å². The first-order chi connectivity index (χ1) is 27.7. The second-order valence-electron chi connectivity index (χ2n) is 15.7. The highest BCUT2D eigenvalue weighted by Crippen LogP contribution is 2.45. The predicted octanol–water partition coefficient (Wildman–Crippen LogP) is 7.88. The first-order valence-electron chi connectivity index (χ1n) is 20.0. The summed E-state index contributed by atoms with van der Waals surface area (Å²) in [5.41, 5.74) is 11.0. The van der Waals surface area contributed by atoms with Gasteiger partial charge in [0, 0.05) is 96.8 Å². The molecule has 0 aliphatic heterocycles. The number of carbonyl (C=O) groups is 2. The van der Waals surface area contributed by atoms with Crippen LogP contribution in [0.4, 0.5) is 0 Å². The van der Waals surface area contributed by atoms with E-state index >= 15 is 0 Å². The van der Waals surface area contributed by atoms with Gasteiger partial charge in [-0.1, -0.05) is 47.0 Å². The largest absolute Gasteiger partial charge is 0.481 e. The zero-order chi connectivity index (χ0) is 42.3. The molecule has 1 aromatic carbocycles. The molecule has 0 fully saturated rings. The molecule has 3 aromatic rings. The van der Waals surface area contributed by atoms with Crippen LogP contribution in [0.2, 0.25) is 5.02 Å². The lowest BCUT2D eigenvalue weighted by molar-refractivity contribution is -0.140. The first-order valence-corrected chi connectivity index (χ1v) is 20.7. The topological polar surface area (TPSA) is 117 Å². The van der Waals surface area contributed by atoms with Crippen molar-refractivity contribution in [2.75, 3.05) is 60.5 Å². The van der Waals surface area contributed by atoms with Gasteiger partial charge in [0.15, 0.2) is 0 Å². The number of halogens is 2. The van der Waals surface area contributed by atoms with E-state index in [1.165, 1.54) is 0 Å². The molecule has 2 aliphatic rings. The van der Waals surface area contributed by atoms with Crippen LogP contribution in [0.5, 0.6) is 0 Å². The minimum absolute atomic E-state index is 0.0545. The summed E-state index contributed by atoms with van der Waals surface area (Å²) in [4.78, 5) is 37.9. The van der Waals surface area contributed by atoms with Gasteiger partial charge in [-0.15, -0.1) is 0 Å². The average molecular weight is 833 g/mol. The summed E-state index contributed by atoms with van der Waals surface area (Å²) in [6.45, 7) is 16.5. The zero-order valence-corrected chi connectivity index (χ0v) is 36.8. The van der Waals surface area contributed by atoms with E-state index in [0.29, 0.717) is 56.2 Å². The Kier molecular flexibility index (Phi) is 15.6. The quantitative estimate of drug-likeness (QED) is 0.0680. The van der Waals surface area contributed by atoms with E-state index < -0.39 is 11.9 Å². The molecule has 0 spiro atoms. The summed E-state index contributed by atoms with van der Waals surface area (Å²) in [5.74, 6) is -1.52. The molecule has 2 aromatic heterocycles. The maximum absolute atomic E-state index is 12.3. The molecular formula is C45H59Cl2N7O4. The Morgan fingerprint density at radius 1 is 1.14 bits per heavy atom. The lowest BCUT2D eigenvalue weighted by Crippen LogP contribution is -2.30. The number of aryl methyl sites for hydroxylation is 2. The van der Waals surface area contributed by atoms with Gasteiger partial charge in [0.25, 0.3) is 0 Å². The number of nitrogens with zero attached hydrogens (tertiary/aromatic N) is 6. The zero-order valence-electron chi connectivity index (χ0n) is 35.3. The van der Waals surface area contributed by atoms with Crippen molar-refractivity contribution in [2.24, 2.45) is 23.0 Å². The van der Waals surface area contributed by atoms with E-state index in [-0.39, 0.29) is 6.10 Å². The molecule has 0 saturated heterocycles. The molecule has 11 nitrogen and oxygen atoms in total. The number of fused-ring (bicyclic) bond motifs is 2. The van der Waals surface area contributed by atoms with Crippen LogP contribution in [0.25, 0.3) is 33.8 Å². The van der Waals surface area contributed by atoms with Crippen molar-refractivity contribution in [1.29, 1.82) is 0 Å². The third-order valence-corrected chi connectivity index (χ3v) is 12.1. The van der Waals surface area contributed by atoms with Crippen molar-refractivity contribution in [2.45, 2.75) is 66.0 Å². The Labute approximate surface area is 353 Å². The normalized spacial score (nSPS) is 17.6. The summed E-state index contributed by atoms with van der Waals surface area (Å²) in [6, 6.07) is 4.01. The number of carboxylic acid groups (broad SMARTS) is 1. The predicted molar refractivity (Wildman–Crippen MR) is 240 cm³/mol. The minimum Gasteiger partial charge on any atom is -0.481 e. The number of likely N-dealkylation sites (N-methyl/N-ethyl adjacent to an activating group) is 2. The van der Waals surface area contributed by atoms with Crippen molar-refractivity contribution in [3.8, 4) is 11.3 Å². The second-order valence-corrected chi connectivity index (χ2v) is 16.5. The van der Waals surface area contributed by atoms with Crippen LogP contribution in [0.15, 0.2) is 62.3 Å². The molecule has 0 bridgehead atoms. The third-order valence-electron chi connectivity index (χ3n) is 11.2. The van der Waals surface area contributed by atoms with Crippen LogP contribution in [0.3, 0.4) is 0 Å². The molecule has 312 valence electrons.